The number of para-hydroxylation sites is 1. The van der Waals surface area contributed by atoms with E-state index in [1.165, 1.54) is 25.7 Å². The van der Waals surface area contributed by atoms with E-state index in [9.17, 15) is 8.42 Å². The van der Waals surface area contributed by atoms with Crippen molar-refractivity contribution in [2.75, 3.05) is 11.5 Å². The van der Waals surface area contributed by atoms with Crippen molar-refractivity contribution >= 4 is 15.5 Å². The topological polar surface area (TPSA) is 60.2 Å². The minimum atomic E-state index is -3.24. The molecule has 0 bridgehead atoms. The van der Waals surface area contributed by atoms with Crippen molar-refractivity contribution in [1.82, 2.24) is 0 Å². The van der Waals surface area contributed by atoms with Crippen LogP contribution in [0.15, 0.2) is 23.1 Å². The number of hydrogen-bond acceptors (Lipinski definition) is 3. The molecule has 3 nitrogen and oxygen atoms in total. The third kappa shape index (κ3) is 5.16. The summed E-state index contributed by atoms with van der Waals surface area (Å²) in [7, 11) is -3.24. The largest absolute Gasteiger partial charge is 0.397 e. The maximum Gasteiger partial charge on any atom is 0.180 e. The van der Waals surface area contributed by atoms with Gasteiger partial charge in [0, 0.05) is 0 Å². The van der Waals surface area contributed by atoms with Crippen LogP contribution in [-0.2, 0) is 9.84 Å². The zero-order chi connectivity index (χ0) is 15.0. The van der Waals surface area contributed by atoms with Crippen LogP contribution in [0, 0.1) is 6.92 Å². The van der Waals surface area contributed by atoms with Crippen LogP contribution >= 0.6 is 0 Å². The standard InChI is InChI=1S/C16H27NO2S/c1-3-4-5-6-7-8-9-13-20(18,19)15-12-10-11-14(2)16(15)17/h10-12H,3-9,13,17H2,1-2H3. The maximum absolute atomic E-state index is 12.3. The van der Waals surface area contributed by atoms with E-state index >= 15 is 0 Å². The van der Waals surface area contributed by atoms with Crippen molar-refractivity contribution in [2.24, 2.45) is 0 Å². The summed E-state index contributed by atoms with van der Waals surface area (Å²) in [6.45, 7) is 4.03. The number of nitrogen functional groups attached to an aromatic ring is 1. The highest BCUT2D eigenvalue weighted by Crippen LogP contribution is 2.23. The quantitative estimate of drug-likeness (QED) is 0.551. The van der Waals surface area contributed by atoms with Gasteiger partial charge in [-0.25, -0.2) is 8.42 Å². The second-order valence-corrected chi connectivity index (χ2v) is 7.50. The second-order valence-electron chi connectivity index (χ2n) is 5.43. The molecule has 0 saturated heterocycles. The highest BCUT2D eigenvalue weighted by atomic mass is 32.2. The number of unbranched alkanes of at least 4 members (excludes halogenated alkanes) is 6. The van der Waals surface area contributed by atoms with Gasteiger partial charge in [0.1, 0.15) is 0 Å². The van der Waals surface area contributed by atoms with Crippen molar-refractivity contribution in [3.63, 3.8) is 0 Å². The Morgan fingerprint density at radius 1 is 1.00 bits per heavy atom. The van der Waals surface area contributed by atoms with Gasteiger partial charge in [-0.2, -0.15) is 0 Å². The van der Waals surface area contributed by atoms with E-state index < -0.39 is 9.84 Å². The molecule has 0 aromatic heterocycles. The van der Waals surface area contributed by atoms with Crippen LogP contribution in [0.3, 0.4) is 0 Å². The first-order chi connectivity index (χ1) is 9.49. The molecule has 0 atom stereocenters. The molecule has 0 amide bonds. The molecule has 0 heterocycles. The van der Waals surface area contributed by atoms with Crippen LogP contribution < -0.4 is 5.73 Å². The Kier molecular flexibility index (Phi) is 7.06. The van der Waals surface area contributed by atoms with Gasteiger partial charge in [0.15, 0.2) is 9.84 Å². The number of anilines is 1. The molecule has 114 valence electrons. The van der Waals surface area contributed by atoms with Crippen molar-refractivity contribution in [2.45, 2.75) is 63.7 Å². The number of rotatable bonds is 9. The van der Waals surface area contributed by atoms with Crippen LogP contribution in [-0.4, -0.2) is 14.2 Å². The Bertz CT molecular complexity index is 509. The molecule has 0 saturated carbocycles. The first-order valence-corrected chi connectivity index (χ1v) is 9.22. The third-order valence-corrected chi connectivity index (χ3v) is 5.49. The van der Waals surface area contributed by atoms with E-state index in [2.05, 4.69) is 6.92 Å². The lowest BCUT2D eigenvalue weighted by Gasteiger charge is -2.09. The molecule has 0 aliphatic rings. The molecule has 4 heteroatoms. The van der Waals surface area contributed by atoms with E-state index in [-0.39, 0.29) is 5.75 Å². The number of aryl methyl sites for hydroxylation is 1. The predicted octanol–water partition coefficient (Wildman–Crippen LogP) is 4.10. The Balaban J connectivity index is 2.44. The minimum absolute atomic E-state index is 0.203. The minimum Gasteiger partial charge on any atom is -0.397 e. The molecule has 0 unspecified atom stereocenters. The van der Waals surface area contributed by atoms with Gasteiger partial charge in [-0.3, -0.25) is 0 Å². The second kappa shape index (κ2) is 8.30. The van der Waals surface area contributed by atoms with Crippen LogP contribution in [0.25, 0.3) is 0 Å². The molecular weight excluding hydrogens is 270 g/mol. The van der Waals surface area contributed by atoms with Crippen molar-refractivity contribution in [1.29, 1.82) is 0 Å². The van der Waals surface area contributed by atoms with Gasteiger partial charge in [-0.1, -0.05) is 57.6 Å². The monoisotopic (exact) mass is 297 g/mol. The number of sulfone groups is 1. The van der Waals surface area contributed by atoms with Gasteiger partial charge < -0.3 is 5.73 Å². The van der Waals surface area contributed by atoms with Gasteiger partial charge >= 0.3 is 0 Å². The molecule has 0 radical (unpaired) electrons. The van der Waals surface area contributed by atoms with Gasteiger partial charge in [0.2, 0.25) is 0 Å². The molecule has 0 aliphatic carbocycles. The summed E-state index contributed by atoms with van der Waals surface area (Å²) >= 11 is 0. The summed E-state index contributed by atoms with van der Waals surface area (Å²) in [6, 6.07) is 5.20. The average Bonchev–Trinajstić information content (AvgIpc) is 2.40. The Hall–Kier alpha value is -1.03. The summed E-state index contributed by atoms with van der Waals surface area (Å²) in [5.74, 6) is 0.203. The molecule has 20 heavy (non-hydrogen) atoms. The van der Waals surface area contributed by atoms with E-state index in [4.69, 9.17) is 5.73 Å². The predicted molar refractivity (Wildman–Crippen MR) is 85.6 cm³/mol. The summed E-state index contributed by atoms with van der Waals surface area (Å²) in [5.41, 5.74) is 7.10. The van der Waals surface area contributed by atoms with Crippen LogP contribution in [0.2, 0.25) is 0 Å². The van der Waals surface area contributed by atoms with Gasteiger partial charge in [0.25, 0.3) is 0 Å². The van der Waals surface area contributed by atoms with Gasteiger partial charge in [-0.05, 0) is 25.0 Å². The van der Waals surface area contributed by atoms with E-state index in [1.54, 1.807) is 12.1 Å². The van der Waals surface area contributed by atoms with Crippen molar-refractivity contribution in [3.05, 3.63) is 23.8 Å². The molecule has 0 aliphatic heterocycles. The Morgan fingerprint density at radius 2 is 1.60 bits per heavy atom. The number of nitrogens with two attached hydrogens (primary N) is 1. The van der Waals surface area contributed by atoms with Gasteiger partial charge in [-0.15, -0.1) is 0 Å². The third-order valence-electron chi connectivity index (χ3n) is 3.64. The fraction of sp³-hybridized carbons (Fsp3) is 0.625. The van der Waals surface area contributed by atoms with Crippen molar-refractivity contribution < 1.29 is 8.42 Å². The molecule has 1 aromatic carbocycles. The first-order valence-electron chi connectivity index (χ1n) is 7.57. The van der Waals surface area contributed by atoms with Gasteiger partial charge in [0.05, 0.1) is 16.3 Å². The summed E-state index contributed by atoms with van der Waals surface area (Å²) in [6.07, 6.45) is 7.81. The molecule has 1 rings (SSSR count). The van der Waals surface area contributed by atoms with E-state index in [0.717, 1.165) is 24.8 Å². The highest BCUT2D eigenvalue weighted by molar-refractivity contribution is 7.91. The normalized spacial score (nSPS) is 11.7. The summed E-state index contributed by atoms with van der Waals surface area (Å²) in [4.78, 5) is 0.295. The Labute approximate surface area is 123 Å². The average molecular weight is 297 g/mol. The summed E-state index contributed by atoms with van der Waals surface area (Å²) < 4.78 is 24.5. The zero-order valence-corrected chi connectivity index (χ0v) is 13.5. The fourth-order valence-corrected chi connectivity index (χ4v) is 3.87. The molecule has 0 spiro atoms. The lowest BCUT2D eigenvalue weighted by atomic mass is 10.1. The smallest absolute Gasteiger partial charge is 0.180 e. The number of hydrogen-bond donors (Lipinski definition) is 1. The molecular formula is C16H27NO2S. The zero-order valence-electron chi connectivity index (χ0n) is 12.7. The van der Waals surface area contributed by atoms with Crippen LogP contribution in [0.5, 0.6) is 0 Å². The first kappa shape index (κ1) is 17.0. The molecule has 2 N–H and O–H groups in total. The maximum atomic E-state index is 12.3. The summed E-state index contributed by atoms with van der Waals surface area (Å²) in [5, 5.41) is 0. The lowest BCUT2D eigenvalue weighted by Crippen LogP contribution is -2.10. The number of benzene rings is 1. The van der Waals surface area contributed by atoms with Crippen LogP contribution in [0.1, 0.15) is 57.4 Å². The molecule has 0 fully saturated rings. The van der Waals surface area contributed by atoms with E-state index in [0.29, 0.717) is 10.6 Å². The highest BCUT2D eigenvalue weighted by Gasteiger charge is 2.17. The van der Waals surface area contributed by atoms with Crippen LogP contribution in [0.4, 0.5) is 5.69 Å². The van der Waals surface area contributed by atoms with E-state index in [1.807, 2.05) is 13.0 Å². The fourth-order valence-electron chi connectivity index (χ4n) is 2.28. The van der Waals surface area contributed by atoms with Crippen molar-refractivity contribution in [3.8, 4) is 0 Å². The lowest BCUT2D eigenvalue weighted by molar-refractivity contribution is 0.579. The SMILES string of the molecule is CCCCCCCCCS(=O)(=O)c1cccc(C)c1N. The Morgan fingerprint density at radius 3 is 2.25 bits per heavy atom. The molecule has 1 aromatic rings.